The minimum absolute atomic E-state index is 0.0915. The van der Waals surface area contributed by atoms with Gasteiger partial charge < -0.3 is 15.2 Å². The monoisotopic (exact) mass is 255 g/mol. The average molecular weight is 255 g/mol. The van der Waals surface area contributed by atoms with Crippen LogP contribution in [-0.4, -0.2) is 24.4 Å². The first kappa shape index (κ1) is 14.7. The number of hydrogen-bond donors (Lipinski definition) is 1. The van der Waals surface area contributed by atoms with Crippen LogP contribution in [0.1, 0.15) is 46.0 Å². The van der Waals surface area contributed by atoms with Crippen LogP contribution in [0, 0.1) is 0 Å². The second-order valence-corrected chi connectivity index (χ2v) is 4.30. The van der Waals surface area contributed by atoms with Crippen molar-refractivity contribution in [2.45, 2.75) is 52.1 Å². The zero-order chi connectivity index (χ0) is 13.5. The zero-order valence-electron chi connectivity index (χ0n) is 11.0. The highest BCUT2D eigenvalue weighted by molar-refractivity contribution is 6.00. The van der Waals surface area contributed by atoms with E-state index in [-0.39, 0.29) is 17.5 Å². The van der Waals surface area contributed by atoms with Gasteiger partial charge in [0.15, 0.2) is 6.10 Å². The molecule has 5 nitrogen and oxygen atoms in total. The van der Waals surface area contributed by atoms with Crippen LogP contribution in [-0.2, 0) is 19.1 Å². The molecular formula is C13H21NO4. The average Bonchev–Trinajstić information content (AvgIpc) is 2.62. The maximum atomic E-state index is 11.7. The van der Waals surface area contributed by atoms with Crippen LogP contribution in [0.3, 0.4) is 0 Å². The van der Waals surface area contributed by atoms with Crippen molar-refractivity contribution in [1.82, 2.24) is 0 Å². The molecule has 1 heterocycles. The van der Waals surface area contributed by atoms with Gasteiger partial charge in [-0.25, -0.2) is 0 Å². The lowest BCUT2D eigenvalue weighted by atomic mass is 10.2. The Hall–Kier alpha value is -1.36. The van der Waals surface area contributed by atoms with E-state index in [1.165, 1.54) is 0 Å². The van der Waals surface area contributed by atoms with E-state index in [9.17, 15) is 9.59 Å². The van der Waals surface area contributed by atoms with Crippen molar-refractivity contribution in [3.8, 4) is 0 Å². The first-order chi connectivity index (χ1) is 8.60. The van der Waals surface area contributed by atoms with Gasteiger partial charge >= 0.3 is 5.97 Å². The molecule has 2 N–H and O–H groups in total. The highest BCUT2D eigenvalue weighted by Gasteiger charge is 2.33. The summed E-state index contributed by atoms with van der Waals surface area (Å²) in [7, 11) is 0. The Kier molecular flexibility index (Phi) is 5.85. The molecule has 5 heteroatoms. The van der Waals surface area contributed by atoms with Gasteiger partial charge in [0.2, 0.25) is 11.5 Å². The van der Waals surface area contributed by atoms with Crippen LogP contribution >= 0.6 is 0 Å². The SMILES string of the molecule is CCC1=C(OC(=O)CCCCCN)C(=O)C(C)O1. The fourth-order valence-electron chi connectivity index (χ4n) is 1.75. The number of Topliss-reactive ketones (excluding diaryl/α,β-unsaturated/α-hetero) is 1. The van der Waals surface area contributed by atoms with Crippen molar-refractivity contribution >= 4 is 11.8 Å². The molecular weight excluding hydrogens is 234 g/mol. The first-order valence-electron chi connectivity index (χ1n) is 6.44. The second-order valence-electron chi connectivity index (χ2n) is 4.30. The molecule has 1 rings (SSSR count). The summed E-state index contributed by atoms with van der Waals surface area (Å²) < 4.78 is 10.4. The van der Waals surface area contributed by atoms with Gasteiger partial charge in [-0.05, 0) is 26.3 Å². The number of allylic oxidation sites excluding steroid dienone is 1. The number of hydrogen-bond acceptors (Lipinski definition) is 5. The number of nitrogens with two attached hydrogens (primary N) is 1. The Morgan fingerprint density at radius 3 is 2.72 bits per heavy atom. The predicted octanol–water partition coefficient (Wildman–Crippen LogP) is 1.66. The van der Waals surface area contributed by atoms with Gasteiger partial charge in [-0.1, -0.05) is 13.3 Å². The van der Waals surface area contributed by atoms with Crippen LogP contribution in [0.15, 0.2) is 11.5 Å². The van der Waals surface area contributed by atoms with Crippen LogP contribution < -0.4 is 5.73 Å². The molecule has 0 fully saturated rings. The molecule has 0 radical (unpaired) electrons. The molecule has 1 aliphatic heterocycles. The molecule has 0 saturated heterocycles. The summed E-state index contributed by atoms with van der Waals surface area (Å²) in [5.41, 5.74) is 5.36. The number of carbonyl (C=O) groups excluding carboxylic acids is 2. The van der Waals surface area contributed by atoms with Crippen molar-refractivity contribution < 1.29 is 19.1 Å². The molecule has 0 aromatic heterocycles. The van der Waals surface area contributed by atoms with Crippen molar-refractivity contribution in [1.29, 1.82) is 0 Å². The summed E-state index contributed by atoms with van der Waals surface area (Å²) in [4.78, 5) is 23.3. The number of esters is 1. The lowest BCUT2D eigenvalue weighted by Crippen LogP contribution is -2.17. The van der Waals surface area contributed by atoms with E-state index in [1.54, 1.807) is 6.92 Å². The van der Waals surface area contributed by atoms with Gasteiger partial charge in [-0.15, -0.1) is 0 Å². The summed E-state index contributed by atoms with van der Waals surface area (Å²) in [5.74, 6) is -0.0576. The summed E-state index contributed by atoms with van der Waals surface area (Å²) >= 11 is 0. The van der Waals surface area contributed by atoms with E-state index in [0.717, 1.165) is 19.3 Å². The Morgan fingerprint density at radius 2 is 2.11 bits per heavy atom. The molecule has 102 valence electrons. The normalized spacial score (nSPS) is 19.1. The third kappa shape index (κ3) is 3.84. The van der Waals surface area contributed by atoms with Gasteiger partial charge in [-0.2, -0.15) is 0 Å². The van der Waals surface area contributed by atoms with Crippen LogP contribution in [0.5, 0.6) is 0 Å². The minimum atomic E-state index is -0.542. The highest BCUT2D eigenvalue weighted by atomic mass is 16.6. The Morgan fingerprint density at radius 1 is 1.39 bits per heavy atom. The van der Waals surface area contributed by atoms with Crippen LogP contribution in [0.25, 0.3) is 0 Å². The van der Waals surface area contributed by atoms with Gasteiger partial charge in [0, 0.05) is 12.8 Å². The third-order valence-corrected chi connectivity index (χ3v) is 2.79. The van der Waals surface area contributed by atoms with Gasteiger partial charge in [0.1, 0.15) is 5.76 Å². The zero-order valence-corrected chi connectivity index (χ0v) is 11.0. The van der Waals surface area contributed by atoms with Crippen molar-refractivity contribution in [2.24, 2.45) is 5.73 Å². The number of ketones is 1. The molecule has 0 aromatic rings. The van der Waals surface area contributed by atoms with E-state index < -0.39 is 6.10 Å². The molecule has 0 amide bonds. The second kappa shape index (κ2) is 7.16. The molecule has 0 saturated carbocycles. The number of unbranched alkanes of at least 4 members (excludes halogenated alkanes) is 2. The summed E-state index contributed by atoms with van der Waals surface area (Å²) in [6, 6.07) is 0. The smallest absolute Gasteiger partial charge is 0.311 e. The van der Waals surface area contributed by atoms with Gasteiger partial charge in [0.05, 0.1) is 0 Å². The lowest BCUT2D eigenvalue weighted by Gasteiger charge is -2.04. The predicted molar refractivity (Wildman–Crippen MR) is 66.5 cm³/mol. The standard InChI is InChI=1S/C13H21NO4/c1-3-10-13(12(16)9(2)17-10)18-11(15)7-5-4-6-8-14/h9H,3-8,14H2,1-2H3. The number of ether oxygens (including phenoxy) is 2. The minimum Gasteiger partial charge on any atom is -0.483 e. The van der Waals surface area contributed by atoms with E-state index in [2.05, 4.69) is 0 Å². The van der Waals surface area contributed by atoms with Gasteiger partial charge in [-0.3, -0.25) is 9.59 Å². The van der Waals surface area contributed by atoms with E-state index in [4.69, 9.17) is 15.2 Å². The largest absolute Gasteiger partial charge is 0.483 e. The Labute approximate surface area is 107 Å². The molecule has 0 spiro atoms. The molecule has 0 aromatic carbocycles. The van der Waals surface area contributed by atoms with Crippen LogP contribution in [0.4, 0.5) is 0 Å². The fraction of sp³-hybridized carbons (Fsp3) is 0.692. The summed E-state index contributed by atoms with van der Waals surface area (Å²) in [6.45, 7) is 4.14. The number of carbonyl (C=O) groups is 2. The van der Waals surface area contributed by atoms with E-state index in [1.807, 2.05) is 6.92 Å². The van der Waals surface area contributed by atoms with E-state index in [0.29, 0.717) is 25.1 Å². The lowest BCUT2D eigenvalue weighted by molar-refractivity contribution is -0.142. The summed E-state index contributed by atoms with van der Waals surface area (Å²) in [6.07, 6.45) is 2.84. The maximum absolute atomic E-state index is 11.7. The summed E-state index contributed by atoms with van der Waals surface area (Å²) in [5, 5.41) is 0. The third-order valence-electron chi connectivity index (χ3n) is 2.79. The Bertz CT molecular complexity index is 349. The topological polar surface area (TPSA) is 78.6 Å². The fourth-order valence-corrected chi connectivity index (χ4v) is 1.75. The van der Waals surface area contributed by atoms with Crippen molar-refractivity contribution in [2.75, 3.05) is 6.54 Å². The molecule has 1 aliphatic rings. The number of rotatable bonds is 7. The molecule has 1 atom stereocenters. The maximum Gasteiger partial charge on any atom is 0.311 e. The molecule has 0 aliphatic carbocycles. The molecule has 18 heavy (non-hydrogen) atoms. The van der Waals surface area contributed by atoms with Crippen LogP contribution in [0.2, 0.25) is 0 Å². The van der Waals surface area contributed by atoms with E-state index >= 15 is 0 Å². The van der Waals surface area contributed by atoms with Crippen molar-refractivity contribution in [3.63, 3.8) is 0 Å². The molecule has 1 unspecified atom stereocenters. The quantitative estimate of drug-likeness (QED) is 0.553. The highest BCUT2D eigenvalue weighted by Crippen LogP contribution is 2.25. The van der Waals surface area contributed by atoms with Gasteiger partial charge in [0.25, 0.3) is 0 Å². The Balaban J connectivity index is 2.45. The van der Waals surface area contributed by atoms with Crippen molar-refractivity contribution in [3.05, 3.63) is 11.5 Å². The molecule has 0 bridgehead atoms. The first-order valence-corrected chi connectivity index (χ1v) is 6.44.